The fourth-order valence-corrected chi connectivity index (χ4v) is 3.03. The molecule has 0 unspecified atom stereocenters. The van der Waals surface area contributed by atoms with E-state index in [-0.39, 0.29) is 12.0 Å². The Balaban J connectivity index is 1.75. The van der Waals surface area contributed by atoms with Crippen LogP contribution in [0.4, 0.5) is 11.4 Å². The first-order valence-corrected chi connectivity index (χ1v) is 9.09. The predicted molar refractivity (Wildman–Crippen MR) is 103 cm³/mol. The number of carbonyl (C=O) groups is 1. The molecule has 0 aromatic heterocycles. The normalized spacial score (nSPS) is 15.0. The van der Waals surface area contributed by atoms with Crippen molar-refractivity contribution in [1.82, 2.24) is 0 Å². The molecule has 25 heavy (non-hydrogen) atoms. The highest BCUT2D eigenvalue weighted by atomic mass is 16.5. The molecule has 0 aliphatic carbocycles. The van der Waals surface area contributed by atoms with Gasteiger partial charge < -0.3 is 15.0 Å². The molecule has 0 saturated carbocycles. The highest BCUT2D eigenvalue weighted by Crippen LogP contribution is 2.29. The maximum Gasteiger partial charge on any atom is 0.255 e. The molecule has 0 bridgehead atoms. The van der Waals surface area contributed by atoms with Crippen molar-refractivity contribution >= 4 is 17.3 Å². The molecule has 4 nitrogen and oxygen atoms in total. The second-order valence-corrected chi connectivity index (χ2v) is 6.53. The molecule has 132 valence electrons. The largest absolute Gasteiger partial charge is 0.491 e. The molecule has 1 N–H and O–H groups in total. The van der Waals surface area contributed by atoms with Crippen LogP contribution in [0.5, 0.6) is 5.75 Å². The van der Waals surface area contributed by atoms with E-state index in [1.807, 2.05) is 43.3 Å². The topological polar surface area (TPSA) is 41.6 Å². The zero-order valence-corrected chi connectivity index (χ0v) is 15.0. The molecule has 4 heteroatoms. The summed E-state index contributed by atoms with van der Waals surface area (Å²) in [6, 6.07) is 15.4. The van der Waals surface area contributed by atoms with Crippen LogP contribution < -0.4 is 15.0 Å². The highest BCUT2D eigenvalue weighted by Gasteiger charge is 2.17. The van der Waals surface area contributed by atoms with E-state index in [0.29, 0.717) is 5.56 Å². The number of hydrogen-bond donors (Lipinski definition) is 1. The summed E-state index contributed by atoms with van der Waals surface area (Å²) >= 11 is 0. The zero-order valence-electron chi connectivity index (χ0n) is 15.0. The van der Waals surface area contributed by atoms with Gasteiger partial charge in [0.25, 0.3) is 5.91 Å². The van der Waals surface area contributed by atoms with Crippen molar-refractivity contribution in [2.45, 2.75) is 39.2 Å². The maximum atomic E-state index is 12.7. The molecule has 2 aromatic carbocycles. The maximum absolute atomic E-state index is 12.7. The molecule has 3 rings (SSSR count). The molecule has 2 aromatic rings. The minimum Gasteiger partial charge on any atom is -0.491 e. The van der Waals surface area contributed by atoms with Gasteiger partial charge in [-0.3, -0.25) is 4.79 Å². The second-order valence-electron chi connectivity index (χ2n) is 6.53. The smallest absolute Gasteiger partial charge is 0.255 e. The number of para-hydroxylation sites is 2. The van der Waals surface area contributed by atoms with E-state index in [1.165, 1.54) is 12.8 Å². The van der Waals surface area contributed by atoms with E-state index in [4.69, 9.17) is 4.74 Å². The number of carbonyl (C=O) groups excluding carboxylic acids is 1. The van der Waals surface area contributed by atoms with Crippen LogP contribution in [-0.2, 0) is 0 Å². The summed E-state index contributed by atoms with van der Waals surface area (Å²) < 4.78 is 5.82. The van der Waals surface area contributed by atoms with Gasteiger partial charge in [-0.25, -0.2) is 0 Å². The van der Waals surface area contributed by atoms with Crippen LogP contribution in [0.3, 0.4) is 0 Å². The third-order valence-corrected chi connectivity index (χ3v) is 4.61. The summed E-state index contributed by atoms with van der Waals surface area (Å²) in [7, 11) is 0. The molecule has 1 saturated heterocycles. The fraction of sp³-hybridized carbons (Fsp3) is 0.381. The monoisotopic (exact) mass is 338 g/mol. The van der Waals surface area contributed by atoms with Crippen molar-refractivity contribution < 1.29 is 9.53 Å². The lowest BCUT2D eigenvalue weighted by molar-refractivity contribution is 0.102. The van der Waals surface area contributed by atoms with Crippen LogP contribution in [0.1, 0.15) is 43.5 Å². The Morgan fingerprint density at radius 2 is 1.92 bits per heavy atom. The van der Waals surface area contributed by atoms with Gasteiger partial charge in [0.2, 0.25) is 0 Å². The van der Waals surface area contributed by atoms with Gasteiger partial charge in [0.05, 0.1) is 17.5 Å². The predicted octanol–water partition coefficient (Wildman–Crippen LogP) is 4.72. The van der Waals surface area contributed by atoms with E-state index in [1.54, 1.807) is 6.07 Å². The molecule has 1 heterocycles. The molecule has 1 aliphatic heterocycles. The Labute approximate surface area is 149 Å². The van der Waals surface area contributed by atoms with Crippen molar-refractivity contribution in [2.75, 3.05) is 23.3 Å². The summed E-state index contributed by atoms with van der Waals surface area (Å²) in [6.45, 7) is 6.20. The molecule has 0 radical (unpaired) electrons. The van der Waals surface area contributed by atoms with E-state index < -0.39 is 0 Å². The molecular weight excluding hydrogens is 312 g/mol. The van der Waals surface area contributed by atoms with Gasteiger partial charge in [0.15, 0.2) is 0 Å². The second kappa shape index (κ2) is 8.06. The van der Waals surface area contributed by atoms with Crippen LogP contribution in [0.15, 0.2) is 48.5 Å². The average Bonchev–Trinajstić information content (AvgIpc) is 3.16. The van der Waals surface area contributed by atoms with Crippen LogP contribution in [0.2, 0.25) is 0 Å². The Morgan fingerprint density at radius 1 is 1.16 bits per heavy atom. The number of ether oxygens (including phenoxy) is 1. The standard InChI is InChI=1S/C21H26N2O2/c1-3-16(2)25-18-10-8-9-17(15-18)21(24)22-19-11-4-5-12-20(19)23-13-6-7-14-23/h4-5,8-12,15-16H,3,6-7,13-14H2,1-2H3,(H,22,24)/t16-/m1/s1. The van der Waals surface area contributed by atoms with E-state index in [2.05, 4.69) is 23.2 Å². The number of hydrogen-bond acceptors (Lipinski definition) is 3. The Bertz CT molecular complexity index is 723. The zero-order chi connectivity index (χ0) is 17.6. The van der Waals surface area contributed by atoms with E-state index in [9.17, 15) is 4.79 Å². The number of anilines is 2. The summed E-state index contributed by atoms with van der Waals surface area (Å²) in [5, 5.41) is 3.06. The number of nitrogens with one attached hydrogen (secondary N) is 1. The van der Waals surface area contributed by atoms with E-state index in [0.717, 1.165) is 36.6 Å². The minimum absolute atomic E-state index is 0.110. The van der Waals surface area contributed by atoms with E-state index >= 15 is 0 Å². The Morgan fingerprint density at radius 3 is 2.68 bits per heavy atom. The third-order valence-electron chi connectivity index (χ3n) is 4.61. The van der Waals surface area contributed by atoms with Gasteiger partial charge in [-0.15, -0.1) is 0 Å². The first kappa shape index (κ1) is 17.3. The first-order chi connectivity index (χ1) is 12.2. The molecule has 1 atom stereocenters. The number of rotatable bonds is 6. The molecular formula is C21H26N2O2. The van der Waals surface area contributed by atoms with Gasteiger partial charge in [0, 0.05) is 18.7 Å². The van der Waals surface area contributed by atoms with Crippen LogP contribution >= 0.6 is 0 Å². The SMILES string of the molecule is CC[C@@H](C)Oc1cccc(C(=O)Nc2ccccc2N2CCCC2)c1. The van der Waals surface area contributed by atoms with Crippen LogP contribution in [0, 0.1) is 0 Å². The van der Waals surface area contributed by atoms with Gasteiger partial charge in [0.1, 0.15) is 5.75 Å². The summed E-state index contributed by atoms with van der Waals surface area (Å²) in [6.07, 6.45) is 3.47. The molecule has 1 amide bonds. The summed E-state index contributed by atoms with van der Waals surface area (Å²) in [5.41, 5.74) is 2.57. The fourth-order valence-electron chi connectivity index (χ4n) is 3.03. The molecule has 1 fully saturated rings. The number of amides is 1. The first-order valence-electron chi connectivity index (χ1n) is 9.09. The molecule has 0 spiro atoms. The third kappa shape index (κ3) is 4.32. The number of nitrogens with zero attached hydrogens (tertiary/aromatic N) is 1. The van der Waals surface area contributed by atoms with Crippen LogP contribution in [-0.4, -0.2) is 25.1 Å². The summed E-state index contributed by atoms with van der Waals surface area (Å²) in [4.78, 5) is 15.0. The van der Waals surface area contributed by atoms with Gasteiger partial charge in [-0.2, -0.15) is 0 Å². The van der Waals surface area contributed by atoms with Gasteiger partial charge >= 0.3 is 0 Å². The van der Waals surface area contributed by atoms with Crippen LogP contribution in [0.25, 0.3) is 0 Å². The van der Waals surface area contributed by atoms with Crippen molar-refractivity contribution in [3.8, 4) is 5.75 Å². The van der Waals surface area contributed by atoms with Crippen molar-refractivity contribution in [3.63, 3.8) is 0 Å². The van der Waals surface area contributed by atoms with Gasteiger partial charge in [-0.05, 0) is 56.5 Å². The quantitative estimate of drug-likeness (QED) is 0.829. The Hall–Kier alpha value is -2.49. The average molecular weight is 338 g/mol. The Kier molecular flexibility index (Phi) is 5.59. The molecule has 1 aliphatic rings. The lowest BCUT2D eigenvalue weighted by Crippen LogP contribution is -2.21. The van der Waals surface area contributed by atoms with Crippen molar-refractivity contribution in [1.29, 1.82) is 0 Å². The van der Waals surface area contributed by atoms with Gasteiger partial charge in [-0.1, -0.05) is 25.1 Å². The minimum atomic E-state index is -0.110. The number of benzene rings is 2. The lowest BCUT2D eigenvalue weighted by Gasteiger charge is -2.21. The van der Waals surface area contributed by atoms with Crippen molar-refractivity contribution in [2.24, 2.45) is 0 Å². The highest BCUT2D eigenvalue weighted by molar-refractivity contribution is 6.06. The summed E-state index contributed by atoms with van der Waals surface area (Å²) in [5.74, 6) is 0.621. The lowest BCUT2D eigenvalue weighted by atomic mass is 10.1. The van der Waals surface area contributed by atoms with Crippen molar-refractivity contribution in [3.05, 3.63) is 54.1 Å².